The molecule has 1 aromatic rings. The Labute approximate surface area is 159 Å². The van der Waals surface area contributed by atoms with Gasteiger partial charge in [0.15, 0.2) is 0 Å². The van der Waals surface area contributed by atoms with E-state index in [2.05, 4.69) is 58.0 Å². The Morgan fingerprint density at radius 1 is 0.864 bits per heavy atom. The van der Waals surface area contributed by atoms with E-state index in [1.807, 2.05) is 6.07 Å². The molecule has 2 heteroatoms. The van der Waals surface area contributed by atoms with Gasteiger partial charge in [-0.15, -0.1) is 53.4 Å². The number of halogens is 1. The minimum absolute atomic E-state index is 0. The van der Waals surface area contributed by atoms with Crippen LogP contribution >= 0.6 is 12.4 Å². The second-order valence-corrected chi connectivity index (χ2v) is 5.85. The molecule has 0 atom stereocenters. The van der Waals surface area contributed by atoms with Crippen molar-refractivity contribution in [2.45, 2.75) is 40.5 Å². The molecule has 0 heterocycles. The molecule has 0 nitrogen and oxygen atoms in total. The topological polar surface area (TPSA) is 0 Å². The first-order chi connectivity index (χ1) is 9.59. The van der Waals surface area contributed by atoms with E-state index in [1.54, 1.807) is 0 Å². The quantitative estimate of drug-likeness (QED) is 0.532. The summed E-state index contributed by atoms with van der Waals surface area (Å²) >= 11 is 0. The smallest absolute Gasteiger partial charge is 0 e. The maximum atomic E-state index is 3.49. The maximum absolute atomic E-state index is 3.49. The van der Waals surface area contributed by atoms with Crippen LogP contribution in [0.3, 0.4) is 0 Å². The van der Waals surface area contributed by atoms with Crippen LogP contribution in [0.25, 0.3) is 11.1 Å². The SMILES string of the molecule is CC1=CCC(c2[c-]cccc2C2=C(C)C(C)=CC2)=C1C.Cl.[Zr]. The zero-order chi connectivity index (χ0) is 14.3. The molecule has 0 saturated carbocycles. The Hall–Kier alpha value is -0.647. The first kappa shape index (κ1) is 19.4. The van der Waals surface area contributed by atoms with Gasteiger partial charge >= 0.3 is 0 Å². The van der Waals surface area contributed by atoms with Crippen molar-refractivity contribution < 1.29 is 26.2 Å². The standard InChI is InChI=1S/C20H21.ClH.Zr/c1-13-9-11-17(15(13)3)19-7-5-6-8-20(19)18-12-10-14(2)16(18)4;;/h5-7,9-10H,11-12H2,1-4H3;1H;/q-1;;. The van der Waals surface area contributed by atoms with Crippen LogP contribution in [-0.2, 0) is 26.2 Å². The van der Waals surface area contributed by atoms with E-state index in [0.717, 1.165) is 12.8 Å². The second kappa shape index (κ2) is 7.75. The summed E-state index contributed by atoms with van der Waals surface area (Å²) in [6, 6.07) is 9.90. The van der Waals surface area contributed by atoms with Gasteiger partial charge in [0.1, 0.15) is 0 Å². The van der Waals surface area contributed by atoms with Crippen LogP contribution in [0.2, 0.25) is 0 Å². The Kier molecular flexibility index (Phi) is 6.84. The summed E-state index contributed by atoms with van der Waals surface area (Å²) in [7, 11) is 0. The summed E-state index contributed by atoms with van der Waals surface area (Å²) in [5.41, 5.74) is 11.3. The van der Waals surface area contributed by atoms with Crippen LogP contribution in [0.5, 0.6) is 0 Å². The summed E-state index contributed by atoms with van der Waals surface area (Å²) in [5, 5.41) is 0. The van der Waals surface area contributed by atoms with Crippen LogP contribution in [-0.4, -0.2) is 0 Å². The monoisotopic (exact) mass is 387 g/mol. The fourth-order valence-corrected chi connectivity index (χ4v) is 3.14. The van der Waals surface area contributed by atoms with E-state index in [0.29, 0.717) is 0 Å². The van der Waals surface area contributed by atoms with Crippen LogP contribution in [0.15, 0.2) is 52.6 Å². The first-order valence-corrected chi connectivity index (χ1v) is 7.34. The van der Waals surface area contributed by atoms with Crippen molar-refractivity contribution >= 4 is 23.6 Å². The van der Waals surface area contributed by atoms with Crippen LogP contribution in [0.4, 0.5) is 0 Å². The van der Waals surface area contributed by atoms with Crippen LogP contribution in [0.1, 0.15) is 51.7 Å². The van der Waals surface area contributed by atoms with Gasteiger partial charge in [-0.05, 0) is 40.5 Å². The van der Waals surface area contributed by atoms with Crippen molar-refractivity contribution in [3.63, 3.8) is 0 Å². The Morgan fingerprint density at radius 3 is 1.91 bits per heavy atom. The number of hydrogen-bond acceptors (Lipinski definition) is 0. The Bertz CT molecular complexity index is 641. The summed E-state index contributed by atoms with van der Waals surface area (Å²) in [6.07, 6.45) is 6.76. The third kappa shape index (κ3) is 3.31. The maximum Gasteiger partial charge on any atom is 0 e. The first-order valence-electron chi connectivity index (χ1n) is 7.34. The predicted octanol–water partition coefficient (Wildman–Crippen LogP) is 6.15. The van der Waals surface area contributed by atoms with Crippen LogP contribution in [0, 0.1) is 6.07 Å². The zero-order valence-corrected chi connectivity index (χ0v) is 17.0. The average Bonchev–Trinajstić information content (AvgIpc) is 2.95. The minimum Gasteiger partial charge on any atom is -0.147 e. The molecule has 2 aliphatic rings. The van der Waals surface area contributed by atoms with Crippen molar-refractivity contribution in [2.75, 3.05) is 0 Å². The van der Waals surface area contributed by atoms with E-state index < -0.39 is 0 Å². The molecule has 0 spiro atoms. The molecular weight excluding hydrogens is 367 g/mol. The summed E-state index contributed by atoms with van der Waals surface area (Å²) in [4.78, 5) is 0. The summed E-state index contributed by atoms with van der Waals surface area (Å²) < 4.78 is 0. The van der Waals surface area contributed by atoms with Crippen molar-refractivity contribution in [3.8, 4) is 0 Å². The van der Waals surface area contributed by atoms with E-state index >= 15 is 0 Å². The summed E-state index contributed by atoms with van der Waals surface area (Å²) in [5.74, 6) is 0. The molecule has 0 saturated heterocycles. The molecule has 0 radical (unpaired) electrons. The van der Waals surface area contributed by atoms with Gasteiger partial charge in [-0.3, -0.25) is 0 Å². The predicted molar refractivity (Wildman–Crippen MR) is 94.5 cm³/mol. The van der Waals surface area contributed by atoms with Gasteiger partial charge in [-0.2, -0.15) is 0 Å². The van der Waals surface area contributed by atoms with Gasteiger partial charge in [-0.25, -0.2) is 0 Å². The van der Waals surface area contributed by atoms with Gasteiger partial charge < -0.3 is 0 Å². The number of rotatable bonds is 2. The molecule has 0 amide bonds. The van der Waals surface area contributed by atoms with E-state index in [-0.39, 0.29) is 38.6 Å². The van der Waals surface area contributed by atoms with Crippen molar-refractivity contribution in [1.82, 2.24) is 0 Å². The average molecular weight is 389 g/mol. The van der Waals surface area contributed by atoms with Crippen LogP contribution < -0.4 is 0 Å². The van der Waals surface area contributed by atoms with Crippen molar-refractivity contribution in [1.29, 1.82) is 0 Å². The zero-order valence-electron chi connectivity index (χ0n) is 13.7. The molecule has 0 N–H and O–H groups in total. The van der Waals surface area contributed by atoms with E-state index in [1.165, 1.54) is 44.6 Å². The fourth-order valence-electron chi connectivity index (χ4n) is 3.14. The molecule has 0 aromatic heterocycles. The minimum atomic E-state index is 0. The third-order valence-corrected chi connectivity index (χ3v) is 4.80. The number of allylic oxidation sites excluding steroid dienone is 8. The Balaban J connectivity index is 0.00000121. The van der Waals surface area contributed by atoms with Gasteiger partial charge in [0.05, 0.1) is 0 Å². The largest absolute Gasteiger partial charge is 0.147 e. The molecule has 22 heavy (non-hydrogen) atoms. The molecular formula is C20H22ClZr-. The second-order valence-electron chi connectivity index (χ2n) is 5.85. The summed E-state index contributed by atoms with van der Waals surface area (Å²) in [6.45, 7) is 8.89. The molecule has 114 valence electrons. The molecule has 1 aromatic carbocycles. The normalized spacial score (nSPS) is 17.1. The Morgan fingerprint density at radius 2 is 1.41 bits per heavy atom. The molecule has 0 fully saturated rings. The molecule has 0 unspecified atom stereocenters. The van der Waals surface area contributed by atoms with Gasteiger partial charge in [0.25, 0.3) is 0 Å². The molecule has 3 rings (SSSR count). The van der Waals surface area contributed by atoms with Crippen molar-refractivity contribution in [2.24, 2.45) is 0 Å². The van der Waals surface area contributed by atoms with Crippen molar-refractivity contribution in [3.05, 3.63) is 69.8 Å². The van der Waals surface area contributed by atoms with Gasteiger partial charge in [0.2, 0.25) is 0 Å². The van der Waals surface area contributed by atoms with Gasteiger partial charge in [0, 0.05) is 26.2 Å². The number of benzene rings is 1. The van der Waals surface area contributed by atoms with E-state index in [9.17, 15) is 0 Å². The van der Waals surface area contributed by atoms with Gasteiger partial charge in [-0.1, -0.05) is 40.0 Å². The van der Waals surface area contributed by atoms with E-state index in [4.69, 9.17) is 0 Å². The molecule has 0 aliphatic heterocycles. The molecule has 2 aliphatic carbocycles. The third-order valence-electron chi connectivity index (χ3n) is 4.80. The number of hydrogen-bond donors (Lipinski definition) is 0. The molecule has 0 bridgehead atoms. The fraction of sp³-hybridized carbons (Fsp3) is 0.300.